The van der Waals surface area contributed by atoms with Gasteiger partial charge in [0.2, 0.25) is 0 Å². The molecule has 7 unspecified atom stereocenters. The fraction of sp³-hybridized carbons (Fsp3) is 0.722. The van der Waals surface area contributed by atoms with E-state index in [1.165, 1.54) is 0 Å². The Balaban J connectivity index is 1.40. The molecule has 0 spiro atoms. The van der Waals surface area contributed by atoms with Crippen molar-refractivity contribution in [2.75, 3.05) is 0 Å². The molecule has 0 heterocycles. The number of hydrogen-bond acceptors (Lipinski definition) is 4. The Labute approximate surface area is 129 Å². The van der Waals surface area contributed by atoms with E-state index in [1.807, 2.05) is 12.2 Å². The molecule has 0 amide bonds. The molecule has 0 aromatic rings. The lowest BCUT2D eigenvalue weighted by Gasteiger charge is -2.33. The minimum atomic E-state index is -0.292. The molecule has 0 aromatic carbocycles. The first kappa shape index (κ1) is 13.0. The van der Waals surface area contributed by atoms with Gasteiger partial charge < -0.3 is 4.74 Å². The molecule has 5 rings (SSSR count). The van der Waals surface area contributed by atoms with Crippen molar-refractivity contribution in [3.05, 3.63) is 12.2 Å². The van der Waals surface area contributed by atoms with E-state index >= 15 is 0 Å². The number of hydrogen-bond donors (Lipinski definition) is 0. The predicted molar refractivity (Wildman–Crippen MR) is 76.5 cm³/mol. The summed E-state index contributed by atoms with van der Waals surface area (Å²) in [7, 11) is 0. The van der Waals surface area contributed by atoms with Crippen LogP contribution >= 0.6 is 0 Å². The molecule has 4 fully saturated rings. The van der Waals surface area contributed by atoms with Gasteiger partial charge in [0, 0.05) is 23.7 Å². The van der Waals surface area contributed by atoms with Gasteiger partial charge in [0.25, 0.3) is 0 Å². The van der Waals surface area contributed by atoms with Crippen LogP contribution < -0.4 is 0 Å². The molecule has 0 aromatic heterocycles. The van der Waals surface area contributed by atoms with Crippen LogP contribution in [0.4, 0.5) is 0 Å². The molecule has 5 aliphatic rings. The molecule has 0 N–H and O–H groups in total. The van der Waals surface area contributed by atoms with Crippen molar-refractivity contribution in [3.63, 3.8) is 0 Å². The molecule has 116 valence electrons. The van der Waals surface area contributed by atoms with Gasteiger partial charge in [-0.15, -0.1) is 0 Å². The third-order valence-electron chi connectivity index (χ3n) is 6.86. The maximum atomic E-state index is 12.6. The molecule has 0 radical (unpaired) electrons. The summed E-state index contributed by atoms with van der Waals surface area (Å²) in [5.41, 5.74) is 0. The van der Waals surface area contributed by atoms with Crippen LogP contribution in [0.25, 0.3) is 0 Å². The minimum Gasteiger partial charge on any atom is -0.462 e. The number of fused-ring (bicyclic) bond motifs is 9. The number of Topliss-reactive ketones (excluding diaryl/α,β-unsaturated/α-hetero) is 2. The fourth-order valence-corrected chi connectivity index (χ4v) is 6.03. The highest BCUT2D eigenvalue weighted by Crippen LogP contribution is 2.64. The van der Waals surface area contributed by atoms with E-state index in [1.54, 1.807) is 0 Å². The first-order valence-corrected chi connectivity index (χ1v) is 8.63. The van der Waals surface area contributed by atoms with Gasteiger partial charge in [0.05, 0.1) is 5.92 Å². The first-order valence-electron chi connectivity index (χ1n) is 8.63. The van der Waals surface area contributed by atoms with Crippen LogP contribution in [0.2, 0.25) is 0 Å². The maximum absolute atomic E-state index is 12.6. The van der Waals surface area contributed by atoms with Crippen LogP contribution in [0.3, 0.4) is 0 Å². The van der Waals surface area contributed by atoms with Crippen molar-refractivity contribution in [1.82, 2.24) is 0 Å². The number of carbonyl (C=O) groups excluding carboxylic acids is 3. The molecule has 4 saturated carbocycles. The van der Waals surface area contributed by atoms with E-state index in [4.69, 9.17) is 4.74 Å². The van der Waals surface area contributed by atoms with Gasteiger partial charge in [-0.3, -0.25) is 14.4 Å². The largest absolute Gasteiger partial charge is 0.462 e. The molecule has 4 heteroatoms. The van der Waals surface area contributed by atoms with Crippen molar-refractivity contribution < 1.29 is 19.1 Å². The lowest BCUT2D eigenvalue weighted by Crippen LogP contribution is -2.36. The summed E-state index contributed by atoms with van der Waals surface area (Å²) in [5.74, 6) is -0.211. The first-order chi connectivity index (χ1) is 10.7. The van der Waals surface area contributed by atoms with Crippen molar-refractivity contribution in [2.24, 2.45) is 41.4 Å². The summed E-state index contributed by atoms with van der Waals surface area (Å²) < 4.78 is 5.66. The average molecular weight is 300 g/mol. The topological polar surface area (TPSA) is 60.4 Å². The monoisotopic (exact) mass is 300 g/mol. The van der Waals surface area contributed by atoms with Gasteiger partial charge in [0.15, 0.2) is 0 Å². The zero-order valence-corrected chi connectivity index (χ0v) is 12.4. The zero-order chi connectivity index (χ0) is 15.0. The molecule has 7 atom stereocenters. The standard InChI is InChI=1S/C18H20O4/c19-16-9-5-6-10(16)14-13(9)11-7-12(15(14)17(11)20)18(21)22-8-3-1-2-4-8/h5-6,8-15H,1-4,7H2. The Kier molecular flexibility index (Phi) is 2.55. The van der Waals surface area contributed by atoms with Crippen LogP contribution in [0, 0.1) is 41.4 Å². The highest BCUT2D eigenvalue weighted by atomic mass is 16.5. The Morgan fingerprint density at radius 2 is 1.68 bits per heavy atom. The summed E-state index contributed by atoms with van der Waals surface area (Å²) >= 11 is 0. The SMILES string of the molecule is O=C1C2C=CC1C1C3C(=O)C(CC3C(=O)OC3CCCC3)C21. The Morgan fingerprint density at radius 3 is 2.41 bits per heavy atom. The predicted octanol–water partition coefficient (Wildman–Crippen LogP) is 1.92. The zero-order valence-electron chi connectivity index (χ0n) is 12.4. The van der Waals surface area contributed by atoms with Gasteiger partial charge >= 0.3 is 5.97 Å². The van der Waals surface area contributed by atoms with Gasteiger partial charge in [-0.1, -0.05) is 12.2 Å². The highest BCUT2D eigenvalue weighted by Gasteiger charge is 2.69. The van der Waals surface area contributed by atoms with Crippen LogP contribution in [-0.4, -0.2) is 23.6 Å². The number of esters is 1. The van der Waals surface area contributed by atoms with Crippen molar-refractivity contribution in [1.29, 1.82) is 0 Å². The molecule has 4 bridgehead atoms. The second-order valence-electron chi connectivity index (χ2n) is 7.71. The third-order valence-corrected chi connectivity index (χ3v) is 6.86. The van der Waals surface area contributed by atoms with Gasteiger partial charge in [-0.2, -0.15) is 0 Å². The lowest BCUT2D eigenvalue weighted by molar-refractivity contribution is -0.157. The molecule has 22 heavy (non-hydrogen) atoms. The Hall–Kier alpha value is -1.45. The van der Waals surface area contributed by atoms with Crippen LogP contribution in [-0.2, 0) is 19.1 Å². The summed E-state index contributed by atoms with van der Waals surface area (Å²) in [6.45, 7) is 0. The number of ether oxygens (including phenoxy) is 1. The number of carbonyl (C=O) groups is 3. The smallest absolute Gasteiger partial charge is 0.309 e. The van der Waals surface area contributed by atoms with Crippen LogP contribution in [0.1, 0.15) is 32.1 Å². The summed E-state index contributed by atoms with van der Waals surface area (Å²) in [5, 5.41) is 0. The maximum Gasteiger partial charge on any atom is 0.309 e. The molecule has 0 aliphatic heterocycles. The molecular formula is C18H20O4. The lowest BCUT2D eigenvalue weighted by atomic mass is 9.69. The van der Waals surface area contributed by atoms with E-state index in [2.05, 4.69) is 0 Å². The third kappa shape index (κ3) is 1.46. The molecule has 0 saturated heterocycles. The van der Waals surface area contributed by atoms with E-state index < -0.39 is 0 Å². The van der Waals surface area contributed by atoms with Crippen molar-refractivity contribution in [3.8, 4) is 0 Å². The van der Waals surface area contributed by atoms with Crippen molar-refractivity contribution in [2.45, 2.75) is 38.2 Å². The molecule has 5 aliphatic carbocycles. The second-order valence-corrected chi connectivity index (χ2v) is 7.71. The Bertz CT molecular complexity index is 600. The van der Waals surface area contributed by atoms with Gasteiger partial charge in [-0.05, 0) is 43.9 Å². The number of ketones is 2. The normalized spacial score (nSPS) is 48.5. The van der Waals surface area contributed by atoms with Crippen molar-refractivity contribution >= 4 is 17.5 Å². The number of allylic oxidation sites excluding steroid dienone is 2. The summed E-state index contributed by atoms with van der Waals surface area (Å²) in [6.07, 6.45) is 8.80. The van der Waals surface area contributed by atoms with Crippen LogP contribution in [0.5, 0.6) is 0 Å². The van der Waals surface area contributed by atoms with E-state index in [9.17, 15) is 14.4 Å². The highest BCUT2D eigenvalue weighted by molar-refractivity contribution is 6.01. The Morgan fingerprint density at radius 1 is 1.00 bits per heavy atom. The average Bonchev–Trinajstić information content (AvgIpc) is 3.29. The number of rotatable bonds is 2. The molecule has 4 nitrogen and oxygen atoms in total. The molecular weight excluding hydrogens is 280 g/mol. The van der Waals surface area contributed by atoms with E-state index in [-0.39, 0.29) is 65.1 Å². The fourth-order valence-electron chi connectivity index (χ4n) is 6.03. The summed E-state index contributed by atoms with van der Waals surface area (Å²) in [4.78, 5) is 37.4. The van der Waals surface area contributed by atoms with Gasteiger partial charge in [0.1, 0.15) is 17.7 Å². The van der Waals surface area contributed by atoms with Crippen LogP contribution in [0.15, 0.2) is 12.2 Å². The second kappa shape index (κ2) is 4.30. The summed E-state index contributed by atoms with van der Waals surface area (Å²) in [6, 6.07) is 0. The van der Waals surface area contributed by atoms with E-state index in [0.717, 1.165) is 25.7 Å². The van der Waals surface area contributed by atoms with E-state index in [0.29, 0.717) is 6.42 Å². The minimum absolute atomic E-state index is 0.0547. The quantitative estimate of drug-likeness (QED) is 0.444. The van der Waals surface area contributed by atoms with Gasteiger partial charge in [-0.25, -0.2) is 0 Å².